The summed E-state index contributed by atoms with van der Waals surface area (Å²) in [4.78, 5) is 25.0. The minimum Gasteiger partial charge on any atom is -0.478 e. The molecule has 0 radical (unpaired) electrons. The van der Waals surface area contributed by atoms with Crippen molar-refractivity contribution in [3.8, 4) is 0 Å². The van der Waals surface area contributed by atoms with Gasteiger partial charge < -0.3 is 20.0 Å². The van der Waals surface area contributed by atoms with Crippen LogP contribution in [0.25, 0.3) is 0 Å². The molecule has 0 aliphatic heterocycles. The first-order valence-corrected chi connectivity index (χ1v) is 7.25. The molecule has 0 atom stereocenters. The second-order valence-corrected chi connectivity index (χ2v) is 5.43. The van der Waals surface area contributed by atoms with Gasteiger partial charge in [-0.25, -0.2) is 9.59 Å². The first kappa shape index (κ1) is 22.5. The number of carboxylic acids is 2. The second kappa shape index (κ2) is 10.4. The Hall–Kier alpha value is -2.50. The van der Waals surface area contributed by atoms with Gasteiger partial charge in [-0.15, -0.1) is 0 Å². The van der Waals surface area contributed by atoms with Crippen molar-refractivity contribution >= 4 is 23.3 Å². The van der Waals surface area contributed by atoms with E-state index >= 15 is 0 Å². The topological polar surface area (TPSA) is 81.1 Å². The van der Waals surface area contributed by atoms with Crippen LogP contribution in [0.1, 0.15) is 20.7 Å². The Balaban J connectivity index is 0.000000443. The number of rotatable bonds is 4. The second-order valence-electron chi connectivity index (χ2n) is 5.43. The normalized spacial score (nSPS) is 9.12. The van der Waals surface area contributed by atoms with Gasteiger partial charge in [0.15, 0.2) is 0 Å². The average molecular weight is 386 g/mol. The van der Waals surface area contributed by atoms with E-state index in [1.54, 1.807) is 46.2 Å². The molecule has 7 heteroatoms. The maximum atomic E-state index is 10.7. The van der Waals surface area contributed by atoms with E-state index < -0.39 is 11.9 Å². The molecule has 136 valence electrons. The Labute approximate surface area is 158 Å². The minimum absolute atomic E-state index is 0. The number of hydrogen-bond acceptors (Lipinski definition) is 4. The van der Waals surface area contributed by atoms with Crippen LogP contribution in [0.5, 0.6) is 0 Å². The third-order valence-electron chi connectivity index (χ3n) is 3.23. The zero-order chi connectivity index (χ0) is 18.3. The van der Waals surface area contributed by atoms with Crippen molar-refractivity contribution in [2.75, 3.05) is 38.0 Å². The largest absolute Gasteiger partial charge is 0.478 e. The van der Waals surface area contributed by atoms with E-state index in [1.807, 2.05) is 40.3 Å². The average Bonchev–Trinajstić information content (AvgIpc) is 2.55. The van der Waals surface area contributed by atoms with Gasteiger partial charge in [-0.1, -0.05) is 24.3 Å². The summed E-state index contributed by atoms with van der Waals surface area (Å²) in [6.07, 6.45) is 0. The van der Waals surface area contributed by atoms with E-state index in [2.05, 4.69) is 0 Å². The summed E-state index contributed by atoms with van der Waals surface area (Å²) in [6, 6.07) is 13.8. The standard InChI is InChI=1S/2C9H11NO2.Fe/c2*1-10(2)8-6-4-3-5-7(8)9(11)12;/h2*3-6H,1-2H3,(H,11,12);. The van der Waals surface area contributed by atoms with Crippen LogP contribution in [0.2, 0.25) is 0 Å². The number of carbonyl (C=O) groups is 2. The summed E-state index contributed by atoms with van der Waals surface area (Å²) in [5, 5.41) is 17.6. The molecule has 0 amide bonds. The molecule has 0 fully saturated rings. The van der Waals surface area contributed by atoms with E-state index in [0.29, 0.717) is 11.1 Å². The third-order valence-corrected chi connectivity index (χ3v) is 3.23. The molecule has 0 spiro atoms. The van der Waals surface area contributed by atoms with Crippen LogP contribution in [-0.4, -0.2) is 50.3 Å². The van der Waals surface area contributed by atoms with E-state index in [0.717, 1.165) is 11.4 Å². The van der Waals surface area contributed by atoms with Gasteiger partial charge in [-0.3, -0.25) is 0 Å². The summed E-state index contributed by atoms with van der Waals surface area (Å²) in [5.74, 6) is -1.78. The molecule has 0 saturated carbocycles. The fraction of sp³-hybridized carbons (Fsp3) is 0.222. The first-order chi connectivity index (χ1) is 11.3. The Morgan fingerprint density at radius 2 is 0.960 bits per heavy atom. The Morgan fingerprint density at radius 1 is 0.680 bits per heavy atom. The van der Waals surface area contributed by atoms with Gasteiger partial charge in [0.05, 0.1) is 22.5 Å². The monoisotopic (exact) mass is 386 g/mol. The van der Waals surface area contributed by atoms with Gasteiger partial charge in [0.1, 0.15) is 0 Å². The molecule has 0 unspecified atom stereocenters. The summed E-state index contributed by atoms with van der Waals surface area (Å²) in [5.41, 5.74) is 2.13. The SMILES string of the molecule is CN(C)c1ccccc1C(=O)O.CN(C)c1ccccc1C(=O)O.[Fe]. The Morgan fingerprint density at radius 3 is 1.16 bits per heavy atom. The van der Waals surface area contributed by atoms with Crippen LogP contribution in [0.15, 0.2) is 48.5 Å². The number of anilines is 2. The number of para-hydroxylation sites is 2. The van der Waals surface area contributed by atoms with E-state index in [9.17, 15) is 9.59 Å². The molecular formula is C18H22FeN2O4. The van der Waals surface area contributed by atoms with Crippen molar-refractivity contribution in [1.82, 2.24) is 0 Å². The summed E-state index contributed by atoms with van der Waals surface area (Å²) >= 11 is 0. The van der Waals surface area contributed by atoms with Crippen LogP contribution in [-0.2, 0) is 17.1 Å². The van der Waals surface area contributed by atoms with Crippen LogP contribution >= 0.6 is 0 Å². The Bertz CT molecular complexity index is 656. The fourth-order valence-corrected chi connectivity index (χ4v) is 2.09. The van der Waals surface area contributed by atoms with Crippen molar-refractivity contribution < 1.29 is 36.9 Å². The van der Waals surface area contributed by atoms with Crippen LogP contribution in [0.4, 0.5) is 11.4 Å². The molecule has 0 aliphatic carbocycles. The smallest absolute Gasteiger partial charge is 0.337 e. The van der Waals surface area contributed by atoms with Gasteiger partial charge in [-0.05, 0) is 24.3 Å². The minimum atomic E-state index is -0.890. The molecule has 2 N–H and O–H groups in total. The molecule has 2 rings (SSSR count). The third kappa shape index (κ3) is 6.49. The number of carboxylic acid groups (broad SMARTS) is 2. The van der Waals surface area contributed by atoms with Crippen molar-refractivity contribution in [1.29, 1.82) is 0 Å². The first-order valence-electron chi connectivity index (χ1n) is 7.25. The van der Waals surface area contributed by atoms with Crippen molar-refractivity contribution in [3.63, 3.8) is 0 Å². The van der Waals surface area contributed by atoms with Crippen LogP contribution in [0.3, 0.4) is 0 Å². The zero-order valence-corrected chi connectivity index (χ0v) is 15.7. The summed E-state index contributed by atoms with van der Waals surface area (Å²) in [6.45, 7) is 0. The van der Waals surface area contributed by atoms with Gasteiger partial charge in [0.2, 0.25) is 0 Å². The van der Waals surface area contributed by atoms with E-state index in [1.165, 1.54) is 0 Å². The van der Waals surface area contributed by atoms with Crippen LogP contribution in [0, 0.1) is 0 Å². The summed E-state index contributed by atoms with van der Waals surface area (Å²) in [7, 11) is 7.28. The van der Waals surface area contributed by atoms with Crippen LogP contribution < -0.4 is 9.80 Å². The van der Waals surface area contributed by atoms with Gasteiger partial charge >= 0.3 is 11.9 Å². The molecule has 2 aromatic carbocycles. The molecule has 0 heterocycles. The molecule has 0 aliphatic rings. The van der Waals surface area contributed by atoms with Crippen molar-refractivity contribution in [2.24, 2.45) is 0 Å². The number of aromatic carboxylic acids is 2. The molecular weight excluding hydrogens is 364 g/mol. The maximum absolute atomic E-state index is 10.7. The van der Waals surface area contributed by atoms with Crippen molar-refractivity contribution in [3.05, 3.63) is 59.7 Å². The molecule has 25 heavy (non-hydrogen) atoms. The number of hydrogen-bond donors (Lipinski definition) is 2. The maximum Gasteiger partial charge on any atom is 0.337 e. The zero-order valence-electron chi connectivity index (χ0n) is 14.6. The fourth-order valence-electron chi connectivity index (χ4n) is 2.09. The van der Waals surface area contributed by atoms with E-state index in [4.69, 9.17) is 10.2 Å². The Kier molecular flexibility index (Phi) is 9.34. The molecule has 0 bridgehead atoms. The predicted molar refractivity (Wildman–Crippen MR) is 95.5 cm³/mol. The van der Waals surface area contributed by atoms with Gasteiger partial charge in [0.25, 0.3) is 0 Å². The van der Waals surface area contributed by atoms with Gasteiger partial charge in [-0.2, -0.15) is 0 Å². The quantitative estimate of drug-likeness (QED) is 0.787. The predicted octanol–water partition coefficient (Wildman–Crippen LogP) is 2.90. The molecule has 0 saturated heterocycles. The number of nitrogens with zero attached hydrogens (tertiary/aromatic N) is 2. The molecule has 0 aromatic heterocycles. The summed E-state index contributed by atoms with van der Waals surface area (Å²) < 4.78 is 0. The molecule has 2 aromatic rings. The molecule has 6 nitrogen and oxygen atoms in total. The van der Waals surface area contributed by atoms with Crippen molar-refractivity contribution in [2.45, 2.75) is 0 Å². The van der Waals surface area contributed by atoms with E-state index in [-0.39, 0.29) is 17.1 Å². The van der Waals surface area contributed by atoms with Gasteiger partial charge in [0, 0.05) is 45.3 Å². The number of benzene rings is 2.